The summed E-state index contributed by atoms with van der Waals surface area (Å²) in [5.74, 6) is -0.190. The maximum atomic E-state index is 11.6. The van der Waals surface area contributed by atoms with E-state index in [2.05, 4.69) is 19.9 Å². The highest BCUT2D eigenvalue weighted by Gasteiger charge is 2.28. The van der Waals surface area contributed by atoms with Gasteiger partial charge in [0.05, 0.1) is 6.61 Å². The van der Waals surface area contributed by atoms with Crippen LogP contribution in [0.15, 0.2) is 18.2 Å². The number of benzene rings is 1. The van der Waals surface area contributed by atoms with Gasteiger partial charge in [0.25, 0.3) is 0 Å². The Morgan fingerprint density at radius 2 is 1.82 bits per heavy atom. The largest absolute Gasteiger partial charge is 0.466 e. The van der Waals surface area contributed by atoms with Crippen molar-refractivity contribution in [3.8, 4) is 0 Å². The summed E-state index contributed by atoms with van der Waals surface area (Å²) in [5, 5.41) is 0. The summed E-state index contributed by atoms with van der Waals surface area (Å²) in [6, 6.07) is 5.88. The molecule has 4 heteroatoms. The van der Waals surface area contributed by atoms with Gasteiger partial charge in [0.1, 0.15) is 0 Å². The second kappa shape index (κ2) is 8.79. The Balaban J connectivity index is 3.08. The van der Waals surface area contributed by atoms with Crippen molar-refractivity contribution < 1.29 is 9.53 Å². The molecule has 0 amide bonds. The predicted molar refractivity (Wildman–Crippen MR) is 91.5 cm³/mol. The second-order valence-corrected chi connectivity index (χ2v) is 5.83. The Morgan fingerprint density at radius 3 is 2.36 bits per heavy atom. The first-order chi connectivity index (χ1) is 10.5. The van der Waals surface area contributed by atoms with E-state index in [0.29, 0.717) is 25.1 Å². The lowest BCUT2D eigenvalue weighted by Gasteiger charge is -2.32. The van der Waals surface area contributed by atoms with E-state index in [1.165, 1.54) is 0 Å². The molecule has 0 saturated carbocycles. The molecule has 0 saturated heterocycles. The summed E-state index contributed by atoms with van der Waals surface area (Å²) in [6.07, 6.45) is 4.77. The van der Waals surface area contributed by atoms with Crippen LogP contribution >= 0.6 is 0 Å². The molecule has 0 spiro atoms. The smallest absolute Gasteiger partial charge is 0.306 e. The van der Waals surface area contributed by atoms with Gasteiger partial charge in [-0.2, -0.15) is 0 Å². The lowest BCUT2D eigenvalue weighted by atomic mass is 9.79. The minimum Gasteiger partial charge on any atom is -0.466 e. The number of ether oxygens (including phenoxy) is 1. The van der Waals surface area contributed by atoms with Crippen LogP contribution in [0.25, 0.3) is 0 Å². The van der Waals surface area contributed by atoms with Crippen molar-refractivity contribution in [2.75, 3.05) is 12.3 Å². The van der Waals surface area contributed by atoms with E-state index in [9.17, 15) is 4.79 Å². The molecule has 4 N–H and O–H groups in total. The normalized spacial score (nSPS) is 11.5. The first-order valence-electron chi connectivity index (χ1n) is 8.30. The van der Waals surface area contributed by atoms with Crippen LogP contribution in [0.5, 0.6) is 0 Å². The number of anilines is 1. The number of carbonyl (C=O) groups excluding carboxylic acids is 1. The summed E-state index contributed by atoms with van der Waals surface area (Å²) in [6.45, 7) is 6.50. The SMILES string of the molecule is CCCC(N)(CCC)c1cccc(N)c1CCC(=O)OCC. The molecule has 1 aromatic carbocycles. The fourth-order valence-corrected chi connectivity index (χ4v) is 3.10. The molecule has 0 atom stereocenters. The zero-order chi connectivity index (χ0) is 16.6. The third kappa shape index (κ3) is 4.73. The molecule has 0 aliphatic heterocycles. The molecule has 0 radical (unpaired) electrons. The van der Waals surface area contributed by atoms with E-state index in [1.54, 1.807) is 0 Å². The maximum Gasteiger partial charge on any atom is 0.306 e. The van der Waals surface area contributed by atoms with Gasteiger partial charge < -0.3 is 16.2 Å². The van der Waals surface area contributed by atoms with Crippen LogP contribution in [0.2, 0.25) is 0 Å². The molecule has 0 aliphatic carbocycles. The zero-order valence-corrected chi connectivity index (χ0v) is 14.2. The highest BCUT2D eigenvalue weighted by atomic mass is 16.5. The average Bonchev–Trinajstić information content (AvgIpc) is 2.46. The Bertz CT molecular complexity index is 480. The summed E-state index contributed by atoms with van der Waals surface area (Å²) >= 11 is 0. The Morgan fingerprint density at radius 1 is 1.18 bits per heavy atom. The highest BCUT2D eigenvalue weighted by Crippen LogP contribution is 2.34. The van der Waals surface area contributed by atoms with Crippen molar-refractivity contribution >= 4 is 11.7 Å². The van der Waals surface area contributed by atoms with Crippen LogP contribution in [-0.4, -0.2) is 12.6 Å². The monoisotopic (exact) mass is 306 g/mol. The maximum absolute atomic E-state index is 11.6. The quantitative estimate of drug-likeness (QED) is 0.540. The van der Waals surface area contributed by atoms with Gasteiger partial charge in [0.15, 0.2) is 0 Å². The highest BCUT2D eigenvalue weighted by molar-refractivity contribution is 5.70. The van der Waals surface area contributed by atoms with E-state index in [1.807, 2.05) is 19.1 Å². The topological polar surface area (TPSA) is 78.3 Å². The fraction of sp³-hybridized carbons (Fsp3) is 0.611. The Labute approximate surface area is 134 Å². The van der Waals surface area contributed by atoms with Crippen LogP contribution in [0, 0.1) is 0 Å². The van der Waals surface area contributed by atoms with Crippen molar-refractivity contribution in [3.63, 3.8) is 0 Å². The summed E-state index contributed by atoms with van der Waals surface area (Å²) in [4.78, 5) is 11.6. The number of nitrogen functional groups attached to an aromatic ring is 1. The molecule has 0 heterocycles. The standard InChI is InChI=1S/C18H30N2O2/c1-4-12-18(20,13-5-2)15-8-7-9-16(19)14(15)10-11-17(21)22-6-3/h7-9H,4-6,10-13,19-20H2,1-3H3. The number of hydrogen-bond donors (Lipinski definition) is 2. The third-order valence-electron chi connectivity index (χ3n) is 4.03. The summed E-state index contributed by atoms with van der Waals surface area (Å²) in [5.41, 5.74) is 15.3. The molecule has 0 bridgehead atoms. The summed E-state index contributed by atoms with van der Waals surface area (Å²) in [7, 11) is 0. The fourth-order valence-electron chi connectivity index (χ4n) is 3.10. The Hall–Kier alpha value is -1.55. The van der Waals surface area contributed by atoms with Crippen molar-refractivity contribution in [1.29, 1.82) is 0 Å². The van der Waals surface area contributed by atoms with Crippen molar-refractivity contribution in [2.45, 2.75) is 64.8 Å². The van der Waals surface area contributed by atoms with Crippen molar-refractivity contribution in [2.24, 2.45) is 5.73 Å². The molecule has 22 heavy (non-hydrogen) atoms. The lowest BCUT2D eigenvalue weighted by molar-refractivity contribution is -0.143. The van der Waals surface area contributed by atoms with Gasteiger partial charge in [-0.3, -0.25) is 4.79 Å². The van der Waals surface area contributed by atoms with Gasteiger partial charge >= 0.3 is 5.97 Å². The molecule has 0 aromatic heterocycles. The number of rotatable bonds is 9. The van der Waals surface area contributed by atoms with E-state index < -0.39 is 0 Å². The predicted octanol–water partition coefficient (Wildman–Crippen LogP) is 3.52. The van der Waals surface area contributed by atoms with Crippen LogP contribution in [0.4, 0.5) is 5.69 Å². The number of carbonyl (C=O) groups is 1. The molecular weight excluding hydrogens is 276 g/mol. The van der Waals surface area contributed by atoms with Crippen LogP contribution in [0.1, 0.15) is 64.0 Å². The molecule has 0 unspecified atom stereocenters. The Kier molecular flexibility index (Phi) is 7.39. The summed E-state index contributed by atoms with van der Waals surface area (Å²) < 4.78 is 5.01. The number of esters is 1. The number of hydrogen-bond acceptors (Lipinski definition) is 4. The van der Waals surface area contributed by atoms with Gasteiger partial charge in [-0.15, -0.1) is 0 Å². The molecule has 1 rings (SSSR count). The minimum atomic E-state index is -0.372. The van der Waals surface area contributed by atoms with E-state index in [-0.39, 0.29) is 11.5 Å². The molecule has 0 fully saturated rings. The van der Waals surface area contributed by atoms with E-state index >= 15 is 0 Å². The molecule has 0 aliphatic rings. The first-order valence-corrected chi connectivity index (χ1v) is 8.30. The number of nitrogens with two attached hydrogens (primary N) is 2. The first kappa shape index (κ1) is 18.5. The van der Waals surface area contributed by atoms with Gasteiger partial charge in [0, 0.05) is 17.6 Å². The minimum absolute atomic E-state index is 0.190. The average molecular weight is 306 g/mol. The second-order valence-electron chi connectivity index (χ2n) is 5.83. The van der Waals surface area contributed by atoms with Crippen molar-refractivity contribution in [3.05, 3.63) is 29.3 Å². The zero-order valence-electron chi connectivity index (χ0n) is 14.2. The van der Waals surface area contributed by atoms with Gasteiger partial charge in [0.2, 0.25) is 0 Å². The third-order valence-corrected chi connectivity index (χ3v) is 4.03. The van der Waals surface area contributed by atoms with Crippen LogP contribution < -0.4 is 11.5 Å². The molecule has 4 nitrogen and oxygen atoms in total. The van der Waals surface area contributed by atoms with E-state index in [4.69, 9.17) is 16.2 Å². The van der Waals surface area contributed by atoms with Crippen LogP contribution in [-0.2, 0) is 21.5 Å². The van der Waals surface area contributed by atoms with Crippen LogP contribution in [0.3, 0.4) is 0 Å². The van der Waals surface area contributed by atoms with Crippen molar-refractivity contribution in [1.82, 2.24) is 0 Å². The van der Waals surface area contributed by atoms with Gasteiger partial charge in [-0.25, -0.2) is 0 Å². The molecule has 1 aromatic rings. The van der Waals surface area contributed by atoms with E-state index in [0.717, 1.165) is 36.8 Å². The molecule has 124 valence electrons. The van der Waals surface area contributed by atoms with Gasteiger partial charge in [-0.05, 0) is 43.4 Å². The lowest BCUT2D eigenvalue weighted by Crippen LogP contribution is -2.37. The molecular formula is C18H30N2O2. The van der Waals surface area contributed by atoms with Gasteiger partial charge in [-0.1, -0.05) is 38.8 Å².